The van der Waals surface area contributed by atoms with Gasteiger partial charge in [-0.25, -0.2) is 0 Å². The van der Waals surface area contributed by atoms with E-state index in [1.54, 1.807) is 11.1 Å². The molecule has 1 nitrogen and oxygen atoms in total. The van der Waals surface area contributed by atoms with E-state index in [9.17, 15) is 0 Å². The number of benzene rings is 2. The molecule has 0 heterocycles. The molecule has 5 rings (SSSR count). The third-order valence-corrected chi connectivity index (χ3v) is 9.77. The Morgan fingerprint density at radius 1 is 0.897 bits per heavy atom. The summed E-state index contributed by atoms with van der Waals surface area (Å²) < 4.78 is 8.55. The highest BCUT2D eigenvalue weighted by Crippen LogP contribution is 2.68. The first kappa shape index (κ1) is 20.1. The molecule has 3 heteroatoms. The van der Waals surface area contributed by atoms with E-state index in [1.807, 2.05) is 7.11 Å². The highest BCUT2D eigenvalue weighted by molar-refractivity contribution is 9.10. The lowest BCUT2D eigenvalue weighted by Gasteiger charge is -2.50. The lowest BCUT2D eigenvalue weighted by molar-refractivity contribution is 0.0597. The number of hydrogen-bond donors (Lipinski definition) is 0. The SMILES string of the molecule is COc1ccc(Br)c2c1C13c4c(C)ccc(Br)c4C[C@@H]1CC(C(C)(C)C)C[C@H]3C2. The van der Waals surface area contributed by atoms with Gasteiger partial charge in [-0.3, -0.25) is 0 Å². The molecule has 29 heavy (non-hydrogen) atoms. The van der Waals surface area contributed by atoms with Gasteiger partial charge in [-0.2, -0.15) is 0 Å². The van der Waals surface area contributed by atoms with Gasteiger partial charge in [0.05, 0.1) is 7.11 Å². The molecule has 0 radical (unpaired) electrons. The monoisotopic (exact) mass is 516 g/mol. The summed E-state index contributed by atoms with van der Waals surface area (Å²) in [6.45, 7) is 9.63. The van der Waals surface area contributed by atoms with E-state index in [1.165, 1.54) is 44.9 Å². The summed E-state index contributed by atoms with van der Waals surface area (Å²) in [6.07, 6.45) is 4.93. The predicted molar refractivity (Wildman–Crippen MR) is 127 cm³/mol. The van der Waals surface area contributed by atoms with Crippen LogP contribution in [0.4, 0.5) is 0 Å². The van der Waals surface area contributed by atoms with Gasteiger partial charge in [0.15, 0.2) is 0 Å². The molecule has 4 atom stereocenters. The Kier molecular flexibility index (Phi) is 4.58. The zero-order valence-corrected chi connectivity index (χ0v) is 21.2. The molecule has 3 aliphatic carbocycles. The Bertz CT molecular complexity index is 993. The molecule has 2 unspecified atom stereocenters. The van der Waals surface area contributed by atoms with E-state index >= 15 is 0 Å². The Labute approximate surface area is 191 Å². The standard InChI is InChI=1S/C26H30Br2O/c1-14-6-7-20(27)18-12-16-10-15(25(2,3)4)11-17-13-19-21(28)8-9-22(29-5)24(19)26(16,17)23(14)18/h6-9,15-17H,10-13H2,1-5H3/t15?,16-,17-,26?/m0/s1. The van der Waals surface area contributed by atoms with Crippen molar-refractivity contribution in [1.82, 2.24) is 0 Å². The van der Waals surface area contributed by atoms with E-state index in [4.69, 9.17) is 4.74 Å². The molecule has 0 saturated heterocycles. The number of halogens is 2. The van der Waals surface area contributed by atoms with Crippen LogP contribution in [-0.2, 0) is 18.3 Å². The minimum absolute atomic E-state index is 0.0927. The van der Waals surface area contributed by atoms with Crippen LogP contribution >= 0.6 is 31.9 Å². The molecule has 2 aromatic rings. The van der Waals surface area contributed by atoms with Crippen LogP contribution in [0.1, 0.15) is 61.4 Å². The Morgan fingerprint density at radius 3 is 2.00 bits per heavy atom. The van der Waals surface area contributed by atoms with E-state index in [0.29, 0.717) is 17.3 Å². The third-order valence-electron chi connectivity index (χ3n) is 8.28. The second-order valence-corrected chi connectivity index (χ2v) is 12.2. The first-order chi connectivity index (χ1) is 13.7. The van der Waals surface area contributed by atoms with Crippen LogP contribution in [0.15, 0.2) is 33.2 Å². The molecular formula is C26H30Br2O. The van der Waals surface area contributed by atoms with E-state index in [-0.39, 0.29) is 5.41 Å². The molecule has 1 saturated carbocycles. The molecule has 3 aliphatic rings. The number of fused-ring (bicyclic) bond motifs is 2. The minimum Gasteiger partial charge on any atom is -0.496 e. The fraction of sp³-hybridized carbons (Fsp3) is 0.538. The maximum atomic E-state index is 6.01. The van der Waals surface area contributed by atoms with Crippen molar-refractivity contribution in [3.63, 3.8) is 0 Å². The summed E-state index contributed by atoms with van der Waals surface area (Å²) in [4.78, 5) is 0. The maximum absolute atomic E-state index is 6.01. The largest absolute Gasteiger partial charge is 0.496 e. The van der Waals surface area contributed by atoms with Gasteiger partial charge >= 0.3 is 0 Å². The van der Waals surface area contributed by atoms with E-state index < -0.39 is 0 Å². The van der Waals surface area contributed by atoms with Crippen molar-refractivity contribution in [3.8, 4) is 5.75 Å². The summed E-state index contributed by atoms with van der Waals surface area (Å²) in [6, 6.07) is 8.94. The number of ether oxygens (including phenoxy) is 1. The van der Waals surface area contributed by atoms with Crippen molar-refractivity contribution >= 4 is 31.9 Å². The van der Waals surface area contributed by atoms with E-state index in [2.05, 4.69) is 83.8 Å². The number of aryl methyl sites for hydroxylation is 1. The molecular weight excluding hydrogens is 488 g/mol. The van der Waals surface area contributed by atoms with Crippen LogP contribution in [-0.4, -0.2) is 7.11 Å². The minimum atomic E-state index is 0.0927. The lowest BCUT2D eigenvalue weighted by Crippen LogP contribution is -2.46. The highest BCUT2D eigenvalue weighted by Gasteiger charge is 2.62. The van der Waals surface area contributed by atoms with Crippen LogP contribution in [0, 0.1) is 30.1 Å². The van der Waals surface area contributed by atoms with Crippen LogP contribution < -0.4 is 4.74 Å². The number of hydrogen-bond acceptors (Lipinski definition) is 1. The predicted octanol–water partition coefficient (Wildman–Crippen LogP) is 7.62. The summed E-state index contributed by atoms with van der Waals surface area (Å²) >= 11 is 7.81. The van der Waals surface area contributed by atoms with Gasteiger partial charge in [0.2, 0.25) is 0 Å². The Hall–Kier alpha value is -0.800. The molecule has 0 N–H and O–H groups in total. The van der Waals surface area contributed by atoms with Crippen molar-refractivity contribution in [2.75, 3.05) is 7.11 Å². The maximum Gasteiger partial charge on any atom is 0.123 e. The van der Waals surface area contributed by atoms with Gasteiger partial charge in [-0.1, -0.05) is 58.7 Å². The molecule has 1 spiro atoms. The van der Waals surface area contributed by atoms with Crippen molar-refractivity contribution in [3.05, 3.63) is 61.0 Å². The fourth-order valence-electron chi connectivity index (χ4n) is 7.06. The molecule has 2 aromatic carbocycles. The summed E-state index contributed by atoms with van der Waals surface area (Å²) in [7, 11) is 1.84. The van der Waals surface area contributed by atoms with Gasteiger partial charge in [0.25, 0.3) is 0 Å². The Morgan fingerprint density at radius 2 is 1.45 bits per heavy atom. The average Bonchev–Trinajstić information content (AvgIpc) is 3.20. The molecule has 154 valence electrons. The third kappa shape index (κ3) is 2.62. The number of rotatable bonds is 1. The van der Waals surface area contributed by atoms with Gasteiger partial charge in [0.1, 0.15) is 5.75 Å². The highest BCUT2D eigenvalue weighted by atomic mass is 79.9. The van der Waals surface area contributed by atoms with Gasteiger partial charge in [0, 0.05) is 19.9 Å². The average molecular weight is 518 g/mol. The van der Waals surface area contributed by atoms with Gasteiger partial charge in [-0.05, 0) is 96.2 Å². The van der Waals surface area contributed by atoms with Crippen molar-refractivity contribution in [1.29, 1.82) is 0 Å². The fourth-order valence-corrected chi connectivity index (χ4v) is 8.04. The molecule has 0 aliphatic heterocycles. The summed E-state index contributed by atoms with van der Waals surface area (Å²) in [5.74, 6) is 3.12. The van der Waals surface area contributed by atoms with Crippen molar-refractivity contribution < 1.29 is 4.74 Å². The smallest absolute Gasteiger partial charge is 0.123 e. The van der Waals surface area contributed by atoms with Crippen LogP contribution in [0.3, 0.4) is 0 Å². The van der Waals surface area contributed by atoms with Crippen molar-refractivity contribution in [2.45, 2.75) is 58.8 Å². The molecule has 0 amide bonds. The lowest BCUT2D eigenvalue weighted by atomic mass is 9.53. The second kappa shape index (κ2) is 6.60. The summed E-state index contributed by atoms with van der Waals surface area (Å²) in [5, 5.41) is 0. The molecule has 0 bridgehead atoms. The first-order valence-electron chi connectivity index (χ1n) is 10.8. The number of methoxy groups -OCH3 is 1. The normalized spacial score (nSPS) is 29.8. The van der Waals surface area contributed by atoms with E-state index in [0.717, 1.165) is 18.1 Å². The first-order valence-corrected chi connectivity index (χ1v) is 12.4. The quantitative estimate of drug-likeness (QED) is 0.378. The second-order valence-electron chi connectivity index (χ2n) is 10.5. The summed E-state index contributed by atoms with van der Waals surface area (Å²) in [5.41, 5.74) is 8.00. The van der Waals surface area contributed by atoms with Crippen LogP contribution in [0.25, 0.3) is 0 Å². The van der Waals surface area contributed by atoms with Crippen LogP contribution in [0.2, 0.25) is 0 Å². The zero-order chi connectivity index (χ0) is 20.7. The molecule has 1 fully saturated rings. The van der Waals surface area contributed by atoms with Gasteiger partial charge in [-0.15, -0.1) is 0 Å². The molecule has 0 aromatic heterocycles. The van der Waals surface area contributed by atoms with Gasteiger partial charge < -0.3 is 4.74 Å². The Balaban J connectivity index is 1.83. The topological polar surface area (TPSA) is 9.23 Å². The zero-order valence-electron chi connectivity index (χ0n) is 18.0. The van der Waals surface area contributed by atoms with Crippen LogP contribution in [0.5, 0.6) is 5.75 Å². The van der Waals surface area contributed by atoms with Crippen molar-refractivity contribution in [2.24, 2.45) is 23.2 Å².